The van der Waals surface area contributed by atoms with Gasteiger partial charge < -0.3 is 5.11 Å². The molecule has 0 radical (unpaired) electrons. The Kier molecular flexibility index (Phi) is 3.41. The van der Waals surface area contributed by atoms with E-state index in [0.717, 1.165) is 17.0 Å². The molecule has 0 saturated carbocycles. The Morgan fingerprint density at radius 3 is 2.61 bits per heavy atom. The Labute approximate surface area is 105 Å². The summed E-state index contributed by atoms with van der Waals surface area (Å²) in [6, 6.07) is 3.76. The maximum absolute atomic E-state index is 10.6. The average molecular weight is 245 g/mol. The van der Waals surface area contributed by atoms with Crippen LogP contribution in [0.4, 0.5) is 0 Å². The van der Waals surface area contributed by atoms with Crippen LogP contribution in [0.2, 0.25) is 0 Å². The van der Waals surface area contributed by atoms with Crippen molar-refractivity contribution in [3.8, 4) is 5.95 Å². The fourth-order valence-corrected chi connectivity index (χ4v) is 2.04. The number of aromatic nitrogens is 3. The first-order valence-electron chi connectivity index (χ1n) is 5.76. The van der Waals surface area contributed by atoms with Crippen molar-refractivity contribution in [2.75, 3.05) is 0 Å². The van der Waals surface area contributed by atoms with Gasteiger partial charge in [0.25, 0.3) is 0 Å². The zero-order valence-electron chi connectivity index (χ0n) is 10.4. The van der Waals surface area contributed by atoms with Gasteiger partial charge in [-0.15, -0.1) is 0 Å². The van der Waals surface area contributed by atoms with Crippen molar-refractivity contribution in [2.45, 2.75) is 26.7 Å². The monoisotopic (exact) mass is 245 g/mol. The SMILES string of the molecule is Cc1cc(CCC(=O)O)c(C)n1-c1ncccn1. The molecule has 2 rings (SSSR count). The number of aliphatic carboxylic acids is 1. The number of nitrogens with zero attached hydrogens (tertiary/aromatic N) is 3. The molecule has 2 heterocycles. The molecule has 0 fully saturated rings. The van der Waals surface area contributed by atoms with Crippen molar-refractivity contribution >= 4 is 5.97 Å². The van der Waals surface area contributed by atoms with Crippen LogP contribution in [-0.4, -0.2) is 25.6 Å². The number of carboxylic acid groups (broad SMARTS) is 1. The second-order valence-electron chi connectivity index (χ2n) is 4.17. The Hall–Kier alpha value is -2.17. The van der Waals surface area contributed by atoms with Crippen LogP contribution in [0.1, 0.15) is 23.4 Å². The molecular formula is C13H15N3O2. The highest BCUT2D eigenvalue weighted by atomic mass is 16.4. The lowest BCUT2D eigenvalue weighted by atomic mass is 10.1. The van der Waals surface area contributed by atoms with E-state index in [0.29, 0.717) is 12.4 Å². The van der Waals surface area contributed by atoms with Crippen LogP contribution < -0.4 is 0 Å². The zero-order chi connectivity index (χ0) is 13.1. The quantitative estimate of drug-likeness (QED) is 0.893. The number of hydrogen-bond acceptors (Lipinski definition) is 3. The minimum atomic E-state index is -0.782. The van der Waals surface area contributed by atoms with E-state index >= 15 is 0 Å². The molecule has 18 heavy (non-hydrogen) atoms. The summed E-state index contributed by atoms with van der Waals surface area (Å²) in [7, 11) is 0. The summed E-state index contributed by atoms with van der Waals surface area (Å²) in [6.07, 6.45) is 4.05. The normalized spacial score (nSPS) is 10.6. The van der Waals surface area contributed by atoms with Crippen LogP contribution in [0.3, 0.4) is 0 Å². The molecule has 0 aliphatic rings. The molecule has 0 atom stereocenters. The molecule has 0 amide bonds. The summed E-state index contributed by atoms with van der Waals surface area (Å²) in [5, 5.41) is 8.73. The van der Waals surface area contributed by atoms with Gasteiger partial charge >= 0.3 is 5.97 Å². The van der Waals surface area contributed by atoms with Gasteiger partial charge in [0.2, 0.25) is 5.95 Å². The van der Waals surface area contributed by atoms with Gasteiger partial charge in [-0.2, -0.15) is 0 Å². The second kappa shape index (κ2) is 5.00. The standard InChI is InChI=1S/C13H15N3O2/c1-9-8-11(4-5-12(17)18)10(2)16(9)13-14-6-3-7-15-13/h3,6-8H,4-5H2,1-2H3,(H,17,18). The molecule has 94 valence electrons. The van der Waals surface area contributed by atoms with Gasteiger partial charge in [0.15, 0.2) is 0 Å². The Morgan fingerprint density at radius 1 is 1.33 bits per heavy atom. The molecule has 0 bridgehead atoms. The molecule has 0 spiro atoms. The summed E-state index contributed by atoms with van der Waals surface area (Å²) < 4.78 is 1.94. The van der Waals surface area contributed by atoms with Crippen molar-refractivity contribution in [3.63, 3.8) is 0 Å². The third-order valence-corrected chi connectivity index (χ3v) is 2.90. The van der Waals surface area contributed by atoms with E-state index in [4.69, 9.17) is 5.11 Å². The first-order chi connectivity index (χ1) is 8.59. The Balaban J connectivity index is 2.35. The van der Waals surface area contributed by atoms with E-state index in [1.54, 1.807) is 18.5 Å². The first kappa shape index (κ1) is 12.3. The lowest BCUT2D eigenvalue weighted by Crippen LogP contribution is -2.04. The van der Waals surface area contributed by atoms with Gasteiger partial charge in [-0.05, 0) is 38.0 Å². The predicted octanol–water partition coefficient (Wildman–Crippen LogP) is 1.90. The van der Waals surface area contributed by atoms with Gasteiger partial charge in [0.05, 0.1) is 0 Å². The largest absolute Gasteiger partial charge is 0.481 e. The predicted molar refractivity (Wildman–Crippen MR) is 66.8 cm³/mol. The highest BCUT2D eigenvalue weighted by Gasteiger charge is 2.12. The summed E-state index contributed by atoms with van der Waals surface area (Å²) in [5.41, 5.74) is 3.04. The molecule has 0 unspecified atom stereocenters. The van der Waals surface area contributed by atoms with E-state index < -0.39 is 5.97 Å². The molecular weight excluding hydrogens is 230 g/mol. The summed E-state index contributed by atoms with van der Waals surface area (Å²) in [4.78, 5) is 19.0. The summed E-state index contributed by atoms with van der Waals surface area (Å²) >= 11 is 0. The van der Waals surface area contributed by atoms with Crippen molar-refractivity contribution < 1.29 is 9.90 Å². The van der Waals surface area contributed by atoms with Gasteiger partial charge in [-0.1, -0.05) is 0 Å². The van der Waals surface area contributed by atoms with Crippen molar-refractivity contribution in [1.29, 1.82) is 0 Å². The minimum Gasteiger partial charge on any atom is -0.481 e. The number of aryl methyl sites for hydroxylation is 2. The second-order valence-corrected chi connectivity index (χ2v) is 4.17. The highest BCUT2D eigenvalue weighted by Crippen LogP contribution is 2.19. The number of rotatable bonds is 4. The van der Waals surface area contributed by atoms with Crippen LogP contribution in [0.15, 0.2) is 24.5 Å². The van der Waals surface area contributed by atoms with Crippen molar-refractivity contribution in [1.82, 2.24) is 14.5 Å². The lowest BCUT2D eigenvalue weighted by Gasteiger charge is -2.06. The molecule has 0 aliphatic heterocycles. The molecule has 1 N–H and O–H groups in total. The lowest BCUT2D eigenvalue weighted by molar-refractivity contribution is -0.136. The maximum Gasteiger partial charge on any atom is 0.303 e. The van der Waals surface area contributed by atoms with Crippen LogP contribution in [0.5, 0.6) is 0 Å². The van der Waals surface area contributed by atoms with E-state index in [9.17, 15) is 4.79 Å². The van der Waals surface area contributed by atoms with Gasteiger partial charge in [0.1, 0.15) is 0 Å². The van der Waals surface area contributed by atoms with E-state index in [2.05, 4.69) is 9.97 Å². The molecule has 5 nitrogen and oxygen atoms in total. The average Bonchev–Trinajstić information content (AvgIpc) is 2.63. The number of carbonyl (C=O) groups is 1. The van der Waals surface area contributed by atoms with Crippen LogP contribution >= 0.6 is 0 Å². The Morgan fingerprint density at radius 2 is 2.00 bits per heavy atom. The summed E-state index contributed by atoms with van der Waals surface area (Å²) in [5.74, 6) is -0.162. The van der Waals surface area contributed by atoms with Crippen LogP contribution in [0, 0.1) is 13.8 Å². The number of carboxylic acids is 1. The third-order valence-electron chi connectivity index (χ3n) is 2.90. The summed E-state index contributed by atoms with van der Waals surface area (Å²) in [6.45, 7) is 3.92. The molecule has 2 aromatic rings. The van der Waals surface area contributed by atoms with Gasteiger partial charge in [0, 0.05) is 30.2 Å². The van der Waals surface area contributed by atoms with E-state index in [1.807, 2.05) is 24.5 Å². The fourth-order valence-electron chi connectivity index (χ4n) is 2.04. The molecule has 0 saturated heterocycles. The molecule has 0 aliphatic carbocycles. The highest BCUT2D eigenvalue weighted by molar-refractivity contribution is 5.67. The van der Waals surface area contributed by atoms with E-state index in [1.165, 1.54) is 0 Å². The maximum atomic E-state index is 10.6. The van der Waals surface area contributed by atoms with Crippen LogP contribution in [-0.2, 0) is 11.2 Å². The molecule has 5 heteroatoms. The van der Waals surface area contributed by atoms with Crippen molar-refractivity contribution in [2.24, 2.45) is 0 Å². The molecule has 0 aromatic carbocycles. The smallest absolute Gasteiger partial charge is 0.303 e. The first-order valence-corrected chi connectivity index (χ1v) is 5.76. The van der Waals surface area contributed by atoms with Crippen molar-refractivity contribution in [3.05, 3.63) is 41.5 Å². The molecule has 2 aromatic heterocycles. The zero-order valence-corrected chi connectivity index (χ0v) is 10.4. The van der Waals surface area contributed by atoms with E-state index in [-0.39, 0.29) is 6.42 Å². The topological polar surface area (TPSA) is 68.0 Å². The number of hydrogen-bond donors (Lipinski definition) is 1. The fraction of sp³-hybridized carbons (Fsp3) is 0.308. The Bertz CT molecular complexity index is 561. The van der Waals surface area contributed by atoms with Gasteiger partial charge in [-0.3, -0.25) is 9.36 Å². The minimum absolute atomic E-state index is 0.139. The van der Waals surface area contributed by atoms with Gasteiger partial charge in [-0.25, -0.2) is 9.97 Å². The third kappa shape index (κ3) is 2.40. The van der Waals surface area contributed by atoms with Crippen LogP contribution in [0.25, 0.3) is 5.95 Å².